The molecular weight excluding hydrogens is 314 g/mol. The molecule has 2 heterocycles. The van der Waals surface area contributed by atoms with Gasteiger partial charge >= 0.3 is 0 Å². The van der Waals surface area contributed by atoms with Crippen LogP contribution in [-0.2, 0) is 13.0 Å². The Kier molecular flexibility index (Phi) is 4.40. The van der Waals surface area contributed by atoms with E-state index in [1.54, 1.807) is 12.1 Å². The number of nitro benzene ring substituents is 1. The lowest BCUT2D eigenvalue weighted by molar-refractivity contribution is -0.384. The highest BCUT2D eigenvalue weighted by molar-refractivity contribution is 5.63. The van der Waals surface area contributed by atoms with E-state index >= 15 is 0 Å². The second-order valence-electron chi connectivity index (χ2n) is 7.01. The summed E-state index contributed by atoms with van der Waals surface area (Å²) in [6, 6.07) is 16.4. The molecule has 0 aromatic heterocycles. The maximum absolute atomic E-state index is 11.1. The van der Waals surface area contributed by atoms with Crippen LogP contribution < -0.4 is 4.90 Å². The fourth-order valence-electron chi connectivity index (χ4n) is 4.12. The third-order valence-corrected chi connectivity index (χ3v) is 5.46. The zero-order valence-electron chi connectivity index (χ0n) is 14.3. The molecule has 5 nitrogen and oxygen atoms in total. The smallest absolute Gasteiger partial charge is 0.271 e. The molecular formula is C20H23N3O2. The molecule has 2 aliphatic heterocycles. The molecule has 1 saturated heterocycles. The molecule has 0 aliphatic carbocycles. The molecule has 2 aromatic carbocycles. The van der Waals surface area contributed by atoms with Crippen molar-refractivity contribution >= 4 is 11.4 Å². The van der Waals surface area contributed by atoms with Crippen LogP contribution in [0.2, 0.25) is 0 Å². The summed E-state index contributed by atoms with van der Waals surface area (Å²) in [4.78, 5) is 15.7. The van der Waals surface area contributed by atoms with Gasteiger partial charge in [-0.05, 0) is 30.4 Å². The van der Waals surface area contributed by atoms with E-state index in [4.69, 9.17) is 0 Å². The maximum atomic E-state index is 11.1. The van der Waals surface area contributed by atoms with E-state index in [9.17, 15) is 10.1 Å². The van der Waals surface area contributed by atoms with Crippen LogP contribution in [0, 0.1) is 10.1 Å². The molecule has 0 atom stereocenters. The lowest BCUT2D eigenvalue weighted by atomic mass is 10.0. The van der Waals surface area contributed by atoms with Gasteiger partial charge in [0, 0.05) is 50.0 Å². The van der Waals surface area contributed by atoms with Crippen molar-refractivity contribution < 1.29 is 4.92 Å². The zero-order valence-corrected chi connectivity index (χ0v) is 14.3. The van der Waals surface area contributed by atoms with Crippen molar-refractivity contribution in [2.75, 3.05) is 24.5 Å². The van der Waals surface area contributed by atoms with Crippen LogP contribution in [0.5, 0.6) is 0 Å². The Morgan fingerprint density at radius 1 is 1.04 bits per heavy atom. The number of hydrogen-bond acceptors (Lipinski definition) is 4. The van der Waals surface area contributed by atoms with Gasteiger partial charge < -0.3 is 4.90 Å². The minimum atomic E-state index is -0.292. The highest BCUT2D eigenvalue weighted by atomic mass is 16.6. The number of nitrogens with zero attached hydrogens (tertiary/aromatic N) is 3. The SMILES string of the molecule is O=[N+]([O-])c1ccc2c(c1)N(C1CCN(Cc3ccccc3)CC1)CC2. The Hall–Kier alpha value is -2.40. The Morgan fingerprint density at radius 2 is 1.80 bits per heavy atom. The monoisotopic (exact) mass is 337 g/mol. The van der Waals surface area contributed by atoms with Crippen LogP contribution in [0.25, 0.3) is 0 Å². The molecule has 0 saturated carbocycles. The quantitative estimate of drug-likeness (QED) is 0.631. The molecule has 0 radical (unpaired) electrons. The van der Waals surface area contributed by atoms with Gasteiger partial charge in [-0.3, -0.25) is 15.0 Å². The number of rotatable bonds is 4. The zero-order chi connectivity index (χ0) is 17.2. The number of hydrogen-bond donors (Lipinski definition) is 0. The molecule has 1 fully saturated rings. The first-order chi connectivity index (χ1) is 12.2. The van der Waals surface area contributed by atoms with Crippen LogP contribution in [0.15, 0.2) is 48.5 Å². The van der Waals surface area contributed by atoms with Crippen molar-refractivity contribution in [2.45, 2.75) is 31.8 Å². The normalized spacial score (nSPS) is 18.3. The number of anilines is 1. The van der Waals surface area contributed by atoms with Crippen LogP contribution >= 0.6 is 0 Å². The predicted octanol–water partition coefficient (Wildman–Crippen LogP) is 3.62. The van der Waals surface area contributed by atoms with E-state index in [-0.39, 0.29) is 10.6 Å². The Morgan fingerprint density at radius 3 is 2.52 bits per heavy atom. The van der Waals surface area contributed by atoms with Gasteiger partial charge in [0.1, 0.15) is 0 Å². The second kappa shape index (κ2) is 6.84. The third-order valence-electron chi connectivity index (χ3n) is 5.46. The average Bonchev–Trinajstić information content (AvgIpc) is 3.06. The highest BCUT2D eigenvalue weighted by Crippen LogP contribution is 2.35. The lowest BCUT2D eigenvalue weighted by Gasteiger charge is -2.38. The van der Waals surface area contributed by atoms with E-state index in [2.05, 4.69) is 40.1 Å². The van der Waals surface area contributed by atoms with Crippen molar-refractivity contribution in [1.29, 1.82) is 0 Å². The first-order valence-electron chi connectivity index (χ1n) is 9.01. The standard InChI is InChI=1S/C20H23N3O2/c24-23(25)19-7-6-17-8-13-22(20(17)14-19)18-9-11-21(12-10-18)15-16-4-2-1-3-5-16/h1-7,14,18H,8-13,15H2. The molecule has 0 bridgehead atoms. The number of fused-ring (bicyclic) bond motifs is 1. The summed E-state index contributed by atoms with van der Waals surface area (Å²) in [5.74, 6) is 0. The summed E-state index contributed by atoms with van der Waals surface area (Å²) >= 11 is 0. The first-order valence-corrected chi connectivity index (χ1v) is 9.01. The van der Waals surface area contributed by atoms with Crippen molar-refractivity contribution in [2.24, 2.45) is 0 Å². The summed E-state index contributed by atoms with van der Waals surface area (Å²) in [6.45, 7) is 4.16. The minimum absolute atomic E-state index is 0.201. The van der Waals surface area contributed by atoms with Gasteiger partial charge in [0.2, 0.25) is 0 Å². The fraction of sp³-hybridized carbons (Fsp3) is 0.400. The summed E-state index contributed by atoms with van der Waals surface area (Å²) < 4.78 is 0. The molecule has 25 heavy (non-hydrogen) atoms. The Balaban J connectivity index is 1.41. The average molecular weight is 337 g/mol. The molecule has 130 valence electrons. The fourth-order valence-corrected chi connectivity index (χ4v) is 4.12. The maximum Gasteiger partial charge on any atom is 0.271 e. The van der Waals surface area contributed by atoms with Crippen LogP contribution in [0.4, 0.5) is 11.4 Å². The van der Waals surface area contributed by atoms with Gasteiger partial charge in [0.25, 0.3) is 5.69 Å². The van der Waals surface area contributed by atoms with Gasteiger partial charge in [-0.25, -0.2) is 0 Å². The summed E-state index contributed by atoms with van der Waals surface area (Å²) in [6.07, 6.45) is 3.24. The van der Waals surface area contributed by atoms with Crippen molar-refractivity contribution in [1.82, 2.24) is 4.90 Å². The third kappa shape index (κ3) is 3.37. The molecule has 2 aromatic rings. The van der Waals surface area contributed by atoms with E-state index < -0.39 is 0 Å². The summed E-state index contributed by atoms with van der Waals surface area (Å²) in [7, 11) is 0. The minimum Gasteiger partial charge on any atom is -0.368 e. The first kappa shape index (κ1) is 16.1. The molecule has 4 rings (SSSR count). The topological polar surface area (TPSA) is 49.6 Å². The number of piperidine rings is 1. The predicted molar refractivity (Wildman–Crippen MR) is 98.9 cm³/mol. The Bertz CT molecular complexity index is 755. The number of non-ortho nitro benzene ring substituents is 1. The van der Waals surface area contributed by atoms with E-state index in [0.29, 0.717) is 6.04 Å². The molecule has 0 N–H and O–H groups in total. The summed E-state index contributed by atoms with van der Waals surface area (Å²) in [5, 5.41) is 11.1. The number of likely N-dealkylation sites (tertiary alicyclic amines) is 1. The Labute approximate surface area is 148 Å². The highest BCUT2D eigenvalue weighted by Gasteiger charge is 2.30. The lowest BCUT2D eigenvalue weighted by Crippen LogP contribution is -2.44. The largest absolute Gasteiger partial charge is 0.368 e. The second-order valence-corrected chi connectivity index (χ2v) is 7.01. The van der Waals surface area contributed by atoms with Gasteiger partial charge in [-0.2, -0.15) is 0 Å². The van der Waals surface area contributed by atoms with E-state index in [1.807, 2.05) is 6.07 Å². The van der Waals surface area contributed by atoms with Gasteiger partial charge in [0.15, 0.2) is 0 Å². The van der Waals surface area contributed by atoms with Crippen molar-refractivity contribution in [3.63, 3.8) is 0 Å². The summed E-state index contributed by atoms with van der Waals surface area (Å²) in [5.41, 5.74) is 3.89. The van der Waals surface area contributed by atoms with Crippen LogP contribution in [0.3, 0.4) is 0 Å². The van der Waals surface area contributed by atoms with Crippen LogP contribution in [-0.4, -0.2) is 35.5 Å². The molecule has 0 amide bonds. The van der Waals surface area contributed by atoms with E-state index in [1.165, 1.54) is 11.1 Å². The van der Waals surface area contributed by atoms with Gasteiger partial charge in [-0.1, -0.05) is 36.4 Å². The van der Waals surface area contributed by atoms with Gasteiger partial charge in [-0.15, -0.1) is 0 Å². The van der Waals surface area contributed by atoms with Crippen molar-refractivity contribution in [3.05, 3.63) is 69.8 Å². The number of benzene rings is 2. The molecule has 0 spiro atoms. The van der Waals surface area contributed by atoms with E-state index in [0.717, 1.165) is 51.1 Å². The molecule has 2 aliphatic rings. The number of nitro groups is 1. The van der Waals surface area contributed by atoms with Crippen molar-refractivity contribution in [3.8, 4) is 0 Å². The van der Waals surface area contributed by atoms with Crippen LogP contribution in [0.1, 0.15) is 24.0 Å². The molecule has 5 heteroatoms. The molecule has 0 unspecified atom stereocenters. The van der Waals surface area contributed by atoms with Gasteiger partial charge in [0.05, 0.1) is 4.92 Å².